The van der Waals surface area contributed by atoms with Gasteiger partial charge in [0.25, 0.3) is 0 Å². The lowest BCUT2D eigenvalue weighted by molar-refractivity contribution is -0.143. The van der Waals surface area contributed by atoms with E-state index in [1.807, 2.05) is 20.8 Å². The minimum absolute atomic E-state index is 0.103. The van der Waals surface area contributed by atoms with Crippen LogP contribution >= 0.6 is 0 Å². The molecule has 106 valence electrons. The highest BCUT2D eigenvalue weighted by molar-refractivity contribution is 5.81. The lowest BCUT2D eigenvalue weighted by Crippen LogP contribution is -2.45. The molecular weight excluding hydrogens is 234 g/mol. The van der Waals surface area contributed by atoms with Gasteiger partial charge in [0.2, 0.25) is 0 Å². The fourth-order valence-electron chi connectivity index (χ4n) is 1.40. The number of carbonyl (C=O) groups is 2. The second kappa shape index (κ2) is 6.07. The van der Waals surface area contributed by atoms with Crippen LogP contribution in [-0.2, 0) is 14.3 Å². The topological polar surface area (TPSA) is 64.6 Å². The number of nitrogens with one attached hydrogen (secondary N) is 1. The van der Waals surface area contributed by atoms with Gasteiger partial charge in [-0.1, -0.05) is 20.8 Å². The van der Waals surface area contributed by atoms with Crippen molar-refractivity contribution in [1.82, 2.24) is 5.32 Å². The maximum absolute atomic E-state index is 11.6. The smallest absolute Gasteiger partial charge is 0.408 e. The second-order valence-corrected chi connectivity index (χ2v) is 6.49. The van der Waals surface area contributed by atoms with Crippen molar-refractivity contribution in [2.75, 3.05) is 7.11 Å². The molecule has 1 N–H and O–H groups in total. The van der Waals surface area contributed by atoms with Crippen LogP contribution in [0.3, 0.4) is 0 Å². The second-order valence-electron chi connectivity index (χ2n) is 6.49. The molecule has 0 heterocycles. The van der Waals surface area contributed by atoms with Crippen LogP contribution in [0.2, 0.25) is 0 Å². The maximum atomic E-state index is 11.6. The van der Waals surface area contributed by atoms with Gasteiger partial charge in [-0.05, 0) is 32.6 Å². The summed E-state index contributed by atoms with van der Waals surface area (Å²) in [5.41, 5.74) is -0.694. The number of rotatable bonds is 3. The normalized spacial score (nSPS) is 13.7. The molecule has 1 atom stereocenters. The largest absolute Gasteiger partial charge is 0.467 e. The Hall–Kier alpha value is -1.26. The van der Waals surface area contributed by atoms with Gasteiger partial charge >= 0.3 is 12.1 Å². The van der Waals surface area contributed by atoms with Crippen molar-refractivity contribution in [3.63, 3.8) is 0 Å². The van der Waals surface area contributed by atoms with Gasteiger partial charge in [-0.3, -0.25) is 0 Å². The molecule has 0 saturated carbocycles. The van der Waals surface area contributed by atoms with Crippen molar-refractivity contribution < 1.29 is 19.1 Å². The number of amides is 1. The molecule has 5 heteroatoms. The van der Waals surface area contributed by atoms with Gasteiger partial charge in [-0.2, -0.15) is 0 Å². The SMILES string of the molecule is COC(=O)C(CC(C)(C)C)NC(=O)OC(C)(C)C. The van der Waals surface area contributed by atoms with Crippen LogP contribution in [0.15, 0.2) is 0 Å². The van der Waals surface area contributed by atoms with E-state index in [0.717, 1.165) is 0 Å². The van der Waals surface area contributed by atoms with E-state index >= 15 is 0 Å². The van der Waals surface area contributed by atoms with Gasteiger partial charge < -0.3 is 14.8 Å². The third kappa shape index (κ3) is 7.92. The summed E-state index contributed by atoms with van der Waals surface area (Å²) in [5, 5.41) is 2.55. The highest BCUT2D eigenvalue weighted by atomic mass is 16.6. The number of carbonyl (C=O) groups excluding carboxylic acids is 2. The zero-order chi connectivity index (χ0) is 14.6. The monoisotopic (exact) mass is 259 g/mol. The summed E-state index contributed by atoms with van der Waals surface area (Å²) in [7, 11) is 1.30. The molecule has 0 bridgehead atoms. The Labute approximate surface area is 109 Å². The first kappa shape index (κ1) is 16.7. The van der Waals surface area contributed by atoms with E-state index in [0.29, 0.717) is 6.42 Å². The van der Waals surface area contributed by atoms with Gasteiger partial charge in [-0.15, -0.1) is 0 Å². The van der Waals surface area contributed by atoms with Crippen LogP contribution in [0.4, 0.5) is 4.79 Å². The third-order valence-electron chi connectivity index (χ3n) is 1.99. The van der Waals surface area contributed by atoms with Crippen LogP contribution < -0.4 is 5.32 Å². The molecule has 18 heavy (non-hydrogen) atoms. The number of hydrogen-bond donors (Lipinski definition) is 1. The number of methoxy groups -OCH3 is 1. The standard InChI is InChI=1S/C13H25NO4/c1-12(2,3)8-9(10(15)17-7)14-11(16)18-13(4,5)6/h9H,8H2,1-7H3,(H,14,16). The maximum Gasteiger partial charge on any atom is 0.408 e. The molecule has 1 unspecified atom stereocenters. The zero-order valence-electron chi connectivity index (χ0n) is 12.4. The first-order valence-corrected chi connectivity index (χ1v) is 6.02. The van der Waals surface area contributed by atoms with Gasteiger partial charge in [0.1, 0.15) is 11.6 Å². The van der Waals surface area contributed by atoms with Crippen LogP contribution in [0.25, 0.3) is 0 Å². The summed E-state index contributed by atoms with van der Waals surface area (Å²) >= 11 is 0. The first-order valence-electron chi connectivity index (χ1n) is 6.02. The van der Waals surface area contributed by atoms with Crippen molar-refractivity contribution in [3.05, 3.63) is 0 Å². The van der Waals surface area contributed by atoms with Crippen molar-refractivity contribution in [2.45, 2.75) is 59.6 Å². The lowest BCUT2D eigenvalue weighted by atomic mass is 9.88. The number of alkyl carbamates (subject to hydrolysis) is 1. The Morgan fingerprint density at radius 3 is 1.94 bits per heavy atom. The quantitative estimate of drug-likeness (QED) is 0.791. The first-order chi connectivity index (χ1) is 7.94. The van der Waals surface area contributed by atoms with E-state index in [1.165, 1.54) is 7.11 Å². The van der Waals surface area contributed by atoms with E-state index in [9.17, 15) is 9.59 Å². The Kier molecular flexibility index (Phi) is 5.64. The summed E-state index contributed by atoms with van der Waals surface area (Å²) in [6.45, 7) is 11.3. The molecular formula is C13H25NO4. The summed E-state index contributed by atoms with van der Waals surface area (Å²) < 4.78 is 9.80. The molecule has 0 aromatic carbocycles. The van der Waals surface area contributed by atoms with E-state index in [2.05, 4.69) is 10.1 Å². The Morgan fingerprint density at radius 1 is 1.11 bits per heavy atom. The van der Waals surface area contributed by atoms with Gasteiger partial charge in [-0.25, -0.2) is 9.59 Å². The molecule has 0 saturated heterocycles. The molecule has 0 aromatic rings. The summed E-state index contributed by atoms with van der Waals surface area (Å²) in [5.74, 6) is -0.462. The molecule has 0 radical (unpaired) electrons. The van der Waals surface area contributed by atoms with Crippen molar-refractivity contribution >= 4 is 12.1 Å². The molecule has 0 spiro atoms. The Morgan fingerprint density at radius 2 is 1.61 bits per heavy atom. The van der Waals surface area contributed by atoms with Gasteiger partial charge in [0, 0.05) is 0 Å². The fraction of sp³-hybridized carbons (Fsp3) is 0.846. The van der Waals surface area contributed by atoms with E-state index in [4.69, 9.17) is 4.74 Å². The Balaban J connectivity index is 4.61. The predicted molar refractivity (Wildman–Crippen MR) is 69.2 cm³/mol. The molecule has 0 aromatic heterocycles. The van der Waals surface area contributed by atoms with E-state index in [-0.39, 0.29) is 5.41 Å². The van der Waals surface area contributed by atoms with Crippen LogP contribution in [0.5, 0.6) is 0 Å². The lowest BCUT2D eigenvalue weighted by Gasteiger charge is -2.26. The summed E-state index contributed by atoms with van der Waals surface area (Å²) in [6.07, 6.45) is -0.124. The Bertz CT molecular complexity index is 299. The molecule has 0 rings (SSSR count). The molecule has 5 nitrogen and oxygen atoms in total. The summed E-state index contributed by atoms with van der Waals surface area (Å²) in [6, 6.07) is -0.690. The number of esters is 1. The van der Waals surface area contributed by atoms with E-state index in [1.54, 1.807) is 20.8 Å². The van der Waals surface area contributed by atoms with Crippen LogP contribution in [0, 0.1) is 5.41 Å². The van der Waals surface area contributed by atoms with E-state index < -0.39 is 23.7 Å². The average molecular weight is 259 g/mol. The van der Waals surface area contributed by atoms with Gasteiger partial charge in [0.05, 0.1) is 7.11 Å². The predicted octanol–water partition coefficient (Wildman–Crippen LogP) is 2.49. The van der Waals surface area contributed by atoms with Crippen molar-refractivity contribution in [1.29, 1.82) is 0 Å². The minimum atomic E-state index is -0.690. The highest BCUT2D eigenvalue weighted by Crippen LogP contribution is 2.21. The fourth-order valence-corrected chi connectivity index (χ4v) is 1.40. The summed E-state index contributed by atoms with van der Waals surface area (Å²) in [4.78, 5) is 23.2. The molecule has 0 aliphatic rings. The van der Waals surface area contributed by atoms with Gasteiger partial charge in [0.15, 0.2) is 0 Å². The molecule has 0 fully saturated rings. The minimum Gasteiger partial charge on any atom is -0.467 e. The van der Waals surface area contributed by atoms with Crippen molar-refractivity contribution in [2.24, 2.45) is 5.41 Å². The molecule has 0 aliphatic carbocycles. The third-order valence-corrected chi connectivity index (χ3v) is 1.99. The highest BCUT2D eigenvalue weighted by Gasteiger charge is 2.28. The number of ether oxygens (including phenoxy) is 2. The van der Waals surface area contributed by atoms with Crippen LogP contribution in [0.1, 0.15) is 48.0 Å². The number of hydrogen-bond acceptors (Lipinski definition) is 4. The van der Waals surface area contributed by atoms with Crippen molar-refractivity contribution in [3.8, 4) is 0 Å². The average Bonchev–Trinajstić information content (AvgIpc) is 2.10. The zero-order valence-corrected chi connectivity index (χ0v) is 12.4. The molecule has 0 aliphatic heterocycles. The van der Waals surface area contributed by atoms with Crippen LogP contribution in [-0.4, -0.2) is 30.8 Å². The molecule has 1 amide bonds.